The molecule has 1 aliphatic heterocycles. The minimum Gasteiger partial charge on any atom is -0.391 e. The lowest BCUT2D eigenvalue weighted by atomic mass is 9.95. The number of nitrogens with one attached hydrogen (secondary N) is 2. The molecule has 178 valence electrons. The first-order valence-electron chi connectivity index (χ1n) is 10.7. The molecule has 2 aromatic carbocycles. The number of anilines is 1. The van der Waals surface area contributed by atoms with Gasteiger partial charge in [0.05, 0.1) is 28.3 Å². The lowest BCUT2D eigenvalue weighted by molar-refractivity contribution is -0.128. The van der Waals surface area contributed by atoms with Crippen LogP contribution in [0.2, 0.25) is 10.0 Å². The van der Waals surface area contributed by atoms with Crippen LogP contribution >= 0.6 is 23.2 Å². The zero-order valence-corrected chi connectivity index (χ0v) is 20.3. The third-order valence-corrected chi connectivity index (χ3v) is 6.31. The zero-order chi connectivity index (χ0) is 24.3. The van der Waals surface area contributed by atoms with Gasteiger partial charge in [0.2, 0.25) is 5.91 Å². The van der Waals surface area contributed by atoms with Crippen LogP contribution in [0, 0.1) is 5.41 Å². The van der Waals surface area contributed by atoms with Gasteiger partial charge >= 0.3 is 6.03 Å². The standard InChI is InChI=1S/C24H29Cl2N3O4/c1-24(2,3)22(32)27-12-14-4-7-16(8-5-14)28-23(33)29-13-17(30)11-20(29)21(31)15-6-9-18(25)19(26)10-15/h4-10,17,20-21,30-31H,11-13H2,1-3H3,(H,27,32)(H,28,33)/t17-,20+,21+/m1/s1. The predicted octanol–water partition coefficient (Wildman–Crippen LogP) is 4.36. The van der Waals surface area contributed by atoms with Gasteiger partial charge in [-0.2, -0.15) is 0 Å². The van der Waals surface area contributed by atoms with Crippen molar-refractivity contribution in [3.8, 4) is 0 Å². The van der Waals surface area contributed by atoms with Crippen molar-refractivity contribution in [1.29, 1.82) is 0 Å². The van der Waals surface area contributed by atoms with Crippen LogP contribution in [0.3, 0.4) is 0 Å². The molecular formula is C24H29Cl2N3O4. The molecule has 2 aromatic rings. The maximum Gasteiger partial charge on any atom is 0.322 e. The number of hydrogen-bond donors (Lipinski definition) is 4. The number of likely N-dealkylation sites (tertiary alicyclic amines) is 1. The van der Waals surface area contributed by atoms with Crippen LogP contribution in [-0.4, -0.2) is 45.7 Å². The largest absolute Gasteiger partial charge is 0.391 e. The van der Waals surface area contributed by atoms with E-state index in [0.717, 1.165) is 5.56 Å². The van der Waals surface area contributed by atoms with Crippen molar-refractivity contribution in [1.82, 2.24) is 10.2 Å². The molecule has 0 unspecified atom stereocenters. The highest BCUT2D eigenvalue weighted by Crippen LogP contribution is 2.33. The van der Waals surface area contributed by atoms with Crippen LogP contribution in [-0.2, 0) is 11.3 Å². The topological polar surface area (TPSA) is 102 Å². The number of carbonyl (C=O) groups is 2. The Morgan fingerprint density at radius 3 is 2.39 bits per heavy atom. The van der Waals surface area contributed by atoms with E-state index in [2.05, 4.69) is 10.6 Å². The molecule has 9 heteroatoms. The number of aliphatic hydroxyl groups excluding tert-OH is 2. The number of halogens is 2. The highest BCUT2D eigenvalue weighted by molar-refractivity contribution is 6.42. The van der Waals surface area contributed by atoms with E-state index in [4.69, 9.17) is 23.2 Å². The van der Waals surface area contributed by atoms with Crippen molar-refractivity contribution < 1.29 is 19.8 Å². The van der Waals surface area contributed by atoms with Gasteiger partial charge in [0.1, 0.15) is 0 Å². The number of hydrogen-bond acceptors (Lipinski definition) is 4. The lowest BCUT2D eigenvalue weighted by Crippen LogP contribution is -2.42. The van der Waals surface area contributed by atoms with Gasteiger partial charge in [0.25, 0.3) is 0 Å². The molecule has 0 bridgehead atoms. The summed E-state index contributed by atoms with van der Waals surface area (Å²) in [5.41, 5.74) is 1.51. The molecule has 1 heterocycles. The van der Waals surface area contributed by atoms with Crippen molar-refractivity contribution in [3.63, 3.8) is 0 Å². The Kier molecular flexibility index (Phi) is 7.90. The molecule has 1 aliphatic rings. The lowest BCUT2D eigenvalue weighted by Gasteiger charge is -2.29. The molecule has 3 rings (SSSR count). The number of aliphatic hydroxyl groups is 2. The Balaban J connectivity index is 1.64. The average Bonchev–Trinajstić information content (AvgIpc) is 3.15. The average molecular weight is 494 g/mol. The first-order chi connectivity index (χ1) is 15.5. The monoisotopic (exact) mass is 493 g/mol. The second-order valence-electron chi connectivity index (χ2n) is 9.29. The van der Waals surface area contributed by atoms with Gasteiger partial charge in [-0.05, 0) is 41.8 Å². The first-order valence-corrected chi connectivity index (χ1v) is 11.5. The van der Waals surface area contributed by atoms with Gasteiger partial charge in [0, 0.05) is 24.2 Å². The van der Waals surface area contributed by atoms with E-state index in [0.29, 0.717) is 27.8 Å². The summed E-state index contributed by atoms with van der Waals surface area (Å²) in [5, 5.41) is 27.4. The Bertz CT molecular complexity index is 1010. The van der Waals surface area contributed by atoms with Gasteiger partial charge in [0.15, 0.2) is 0 Å². The Morgan fingerprint density at radius 1 is 1.12 bits per heavy atom. The summed E-state index contributed by atoms with van der Waals surface area (Å²) in [4.78, 5) is 26.4. The second kappa shape index (κ2) is 10.3. The maximum absolute atomic E-state index is 12.9. The minimum absolute atomic E-state index is 0.0426. The SMILES string of the molecule is CC(C)(C)C(=O)NCc1ccc(NC(=O)N2C[C@H](O)C[C@H]2[C@@H](O)c2ccc(Cl)c(Cl)c2)cc1. The molecule has 0 spiro atoms. The van der Waals surface area contributed by atoms with E-state index in [1.807, 2.05) is 32.9 Å². The Morgan fingerprint density at radius 2 is 1.79 bits per heavy atom. The third kappa shape index (κ3) is 6.38. The zero-order valence-electron chi connectivity index (χ0n) is 18.8. The van der Waals surface area contributed by atoms with Crippen molar-refractivity contribution in [2.24, 2.45) is 5.41 Å². The van der Waals surface area contributed by atoms with Gasteiger partial charge in [-0.1, -0.05) is 62.2 Å². The molecule has 0 saturated carbocycles. The van der Waals surface area contributed by atoms with Crippen LogP contribution in [0.25, 0.3) is 0 Å². The molecule has 0 aliphatic carbocycles. The number of nitrogens with zero attached hydrogens (tertiary/aromatic N) is 1. The highest BCUT2D eigenvalue weighted by Gasteiger charge is 2.39. The normalized spacial score (nSPS) is 19.3. The van der Waals surface area contributed by atoms with E-state index < -0.39 is 29.7 Å². The third-order valence-electron chi connectivity index (χ3n) is 5.57. The van der Waals surface area contributed by atoms with E-state index in [1.54, 1.807) is 30.3 Å². The molecule has 0 aromatic heterocycles. The van der Waals surface area contributed by atoms with Crippen LogP contribution in [0.15, 0.2) is 42.5 Å². The number of carbonyl (C=O) groups excluding carboxylic acids is 2. The number of amides is 3. The molecule has 3 atom stereocenters. The van der Waals surface area contributed by atoms with Crippen molar-refractivity contribution in [2.75, 3.05) is 11.9 Å². The molecule has 3 amide bonds. The van der Waals surface area contributed by atoms with E-state index in [-0.39, 0.29) is 18.9 Å². The van der Waals surface area contributed by atoms with Crippen LogP contribution in [0.1, 0.15) is 44.4 Å². The molecule has 1 fully saturated rings. The number of benzene rings is 2. The fourth-order valence-electron chi connectivity index (χ4n) is 3.64. The number of rotatable bonds is 5. The summed E-state index contributed by atoms with van der Waals surface area (Å²) < 4.78 is 0. The first kappa shape index (κ1) is 25.3. The number of urea groups is 1. The van der Waals surface area contributed by atoms with Crippen LogP contribution in [0.4, 0.5) is 10.5 Å². The summed E-state index contributed by atoms with van der Waals surface area (Å²) in [6, 6.07) is 10.9. The summed E-state index contributed by atoms with van der Waals surface area (Å²) >= 11 is 12.0. The quantitative estimate of drug-likeness (QED) is 0.496. The van der Waals surface area contributed by atoms with Crippen molar-refractivity contribution >= 4 is 40.8 Å². The van der Waals surface area contributed by atoms with Crippen LogP contribution < -0.4 is 10.6 Å². The second-order valence-corrected chi connectivity index (χ2v) is 10.1. The fourth-order valence-corrected chi connectivity index (χ4v) is 3.95. The summed E-state index contributed by atoms with van der Waals surface area (Å²) in [6.07, 6.45) is -1.54. The van der Waals surface area contributed by atoms with Gasteiger partial charge in [-0.3, -0.25) is 4.79 Å². The fraction of sp³-hybridized carbons (Fsp3) is 0.417. The summed E-state index contributed by atoms with van der Waals surface area (Å²) in [7, 11) is 0. The van der Waals surface area contributed by atoms with E-state index in [1.165, 1.54) is 4.90 Å². The van der Waals surface area contributed by atoms with E-state index in [9.17, 15) is 19.8 Å². The molecule has 1 saturated heterocycles. The smallest absolute Gasteiger partial charge is 0.322 e. The Hall–Kier alpha value is -2.32. The van der Waals surface area contributed by atoms with E-state index >= 15 is 0 Å². The van der Waals surface area contributed by atoms with Gasteiger partial charge < -0.3 is 25.7 Å². The Labute approximate surface area is 203 Å². The molecule has 4 N–H and O–H groups in total. The molecule has 33 heavy (non-hydrogen) atoms. The summed E-state index contributed by atoms with van der Waals surface area (Å²) in [5.74, 6) is -0.0426. The molecule has 0 radical (unpaired) electrons. The van der Waals surface area contributed by atoms with Crippen molar-refractivity contribution in [3.05, 3.63) is 63.6 Å². The highest BCUT2D eigenvalue weighted by atomic mass is 35.5. The number of β-amino-alcohol motifs (C(OH)–C–C–N with tert-alkyl or cyclic N) is 1. The minimum atomic E-state index is -1.03. The maximum atomic E-state index is 12.9. The molecular weight excluding hydrogens is 465 g/mol. The predicted molar refractivity (Wildman–Crippen MR) is 129 cm³/mol. The van der Waals surface area contributed by atoms with Gasteiger partial charge in [-0.25, -0.2) is 4.79 Å². The summed E-state index contributed by atoms with van der Waals surface area (Å²) in [6.45, 7) is 6.04. The van der Waals surface area contributed by atoms with Crippen LogP contribution in [0.5, 0.6) is 0 Å². The molecule has 7 nitrogen and oxygen atoms in total. The van der Waals surface area contributed by atoms with Crippen molar-refractivity contribution in [2.45, 2.75) is 52.0 Å². The van der Waals surface area contributed by atoms with Gasteiger partial charge in [-0.15, -0.1) is 0 Å².